The minimum absolute atomic E-state index is 0.00797. The molecule has 1 aliphatic rings. The number of piperidine rings is 1. The average Bonchev–Trinajstić information content (AvgIpc) is 3.27. The minimum atomic E-state index is -0.109. The number of para-hydroxylation sites is 1. The monoisotopic (exact) mass is 416 g/mol. The molecular formula is C25H28N4O2. The first kappa shape index (κ1) is 20.8. The van der Waals surface area contributed by atoms with Crippen LogP contribution in [0.3, 0.4) is 0 Å². The molecule has 1 fully saturated rings. The lowest BCUT2D eigenvalue weighted by Gasteiger charge is -2.30. The molecule has 4 rings (SSSR count). The van der Waals surface area contributed by atoms with E-state index in [9.17, 15) is 9.59 Å². The molecule has 0 N–H and O–H groups in total. The number of amides is 2. The first-order valence-corrected chi connectivity index (χ1v) is 10.8. The van der Waals surface area contributed by atoms with Gasteiger partial charge < -0.3 is 9.80 Å². The maximum absolute atomic E-state index is 13.3. The number of likely N-dealkylation sites (tertiary alicyclic amines) is 1. The van der Waals surface area contributed by atoms with E-state index in [4.69, 9.17) is 0 Å². The van der Waals surface area contributed by atoms with Crippen LogP contribution in [0.25, 0.3) is 5.69 Å². The highest BCUT2D eigenvalue weighted by Crippen LogP contribution is 2.19. The first-order chi connectivity index (χ1) is 15.1. The Kier molecular flexibility index (Phi) is 6.46. The molecule has 1 aromatic heterocycles. The minimum Gasteiger partial charge on any atom is -0.341 e. The average molecular weight is 417 g/mol. The van der Waals surface area contributed by atoms with Gasteiger partial charge in [0.1, 0.15) is 6.54 Å². The van der Waals surface area contributed by atoms with Crippen molar-refractivity contribution < 1.29 is 9.59 Å². The van der Waals surface area contributed by atoms with Gasteiger partial charge in [0.25, 0.3) is 0 Å². The molecule has 0 saturated carbocycles. The van der Waals surface area contributed by atoms with Gasteiger partial charge in [-0.1, -0.05) is 35.9 Å². The van der Waals surface area contributed by atoms with Crippen molar-refractivity contribution in [3.8, 4) is 5.69 Å². The highest BCUT2D eigenvalue weighted by Gasteiger charge is 2.24. The number of anilines is 1. The van der Waals surface area contributed by atoms with Crippen molar-refractivity contribution in [2.45, 2.75) is 32.6 Å². The Hall–Kier alpha value is -3.41. The Bertz CT molecular complexity index is 1020. The van der Waals surface area contributed by atoms with Crippen LogP contribution >= 0.6 is 0 Å². The largest absolute Gasteiger partial charge is 0.341 e. The van der Waals surface area contributed by atoms with Gasteiger partial charge in [0, 0.05) is 25.0 Å². The topological polar surface area (TPSA) is 58.4 Å². The van der Waals surface area contributed by atoms with Crippen LogP contribution < -0.4 is 4.90 Å². The van der Waals surface area contributed by atoms with Crippen LogP contribution in [-0.2, 0) is 16.0 Å². The van der Waals surface area contributed by atoms with Crippen LogP contribution in [0.5, 0.6) is 0 Å². The van der Waals surface area contributed by atoms with E-state index < -0.39 is 0 Å². The number of benzene rings is 2. The summed E-state index contributed by atoms with van der Waals surface area (Å²) in [6.45, 7) is 3.62. The van der Waals surface area contributed by atoms with Crippen LogP contribution in [0.15, 0.2) is 67.0 Å². The second-order valence-electron chi connectivity index (χ2n) is 8.06. The van der Waals surface area contributed by atoms with E-state index in [1.54, 1.807) is 15.8 Å². The molecule has 6 nitrogen and oxygen atoms in total. The van der Waals surface area contributed by atoms with Crippen LogP contribution in [0, 0.1) is 6.92 Å². The maximum atomic E-state index is 13.3. The van der Waals surface area contributed by atoms with Gasteiger partial charge in [-0.3, -0.25) is 9.59 Å². The molecule has 0 radical (unpaired) electrons. The fraction of sp³-hybridized carbons (Fsp3) is 0.320. The number of carbonyl (C=O) groups is 2. The molecule has 0 bridgehead atoms. The lowest BCUT2D eigenvalue weighted by molar-refractivity contribution is -0.132. The summed E-state index contributed by atoms with van der Waals surface area (Å²) in [7, 11) is 0. The summed E-state index contributed by atoms with van der Waals surface area (Å²) in [6.07, 6.45) is 6.99. The number of aromatic nitrogens is 2. The number of hydrogen-bond donors (Lipinski definition) is 0. The molecule has 2 amide bonds. The summed E-state index contributed by atoms with van der Waals surface area (Å²) >= 11 is 0. The number of hydrogen-bond acceptors (Lipinski definition) is 3. The Morgan fingerprint density at radius 3 is 2.39 bits per heavy atom. The number of nitrogens with zero attached hydrogens (tertiary/aromatic N) is 4. The highest BCUT2D eigenvalue weighted by molar-refractivity contribution is 5.99. The SMILES string of the molecule is Cc1ccc(N(CC(=O)N2CCCCC2)C(=O)Cc2cnn(-c3ccccc3)c2)cc1. The van der Waals surface area contributed by atoms with Gasteiger partial charge in [0.15, 0.2) is 0 Å². The lowest BCUT2D eigenvalue weighted by Crippen LogP contribution is -2.45. The third-order valence-electron chi connectivity index (χ3n) is 5.66. The van der Waals surface area contributed by atoms with Crippen molar-refractivity contribution in [1.82, 2.24) is 14.7 Å². The molecule has 31 heavy (non-hydrogen) atoms. The van der Waals surface area contributed by atoms with E-state index in [1.807, 2.05) is 72.6 Å². The van der Waals surface area contributed by atoms with Crippen molar-refractivity contribution in [1.29, 1.82) is 0 Å². The van der Waals surface area contributed by atoms with E-state index in [2.05, 4.69) is 5.10 Å². The predicted molar refractivity (Wildman–Crippen MR) is 121 cm³/mol. The Balaban J connectivity index is 1.51. The summed E-state index contributed by atoms with van der Waals surface area (Å²) in [5.74, 6) is -0.101. The molecule has 3 aromatic rings. The van der Waals surface area contributed by atoms with E-state index in [0.29, 0.717) is 0 Å². The molecule has 1 aliphatic heterocycles. The van der Waals surface area contributed by atoms with E-state index in [0.717, 1.165) is 54.9 Å². The summed E-state index contributed by atoms with van der Waals surface area (Å²) in [5, 5.41) is 4.39. The Morgan fingerprint density at radius 2 is 1.68 bits per heavy atom. The molecule has 0 unspecified atom stereocenters. The third-order valence-corrected chi connectivity index (χ3v) is 5.66. The summed E-state index contributed by atoms with van der Waals surface area (Å²) in [5.41, 5.74) is 3.62. The number of aryl methyl sites for hydroxylation is 1. The molecular weight excluding hydrogens is 388 g/mol. The zero-order valence-corrected chi connectivity index (χ0v) is 17.9. The van der Waals surface area contributed by atoms with Gasteiger partial charge in [-0.25, -0.2) is 4.68 Å². The van der Waals surface area contributed by atoms with Crippen molar-refractivity contribution in [3.63, 3.8) is 0 Å². The second-order valence-corrected chi connectivity index (χ2v) is 8.06. The summed E-state index contributed by atoms with van der Waals surface area (Å²) in [4.78, 5) is 29.7. The summed E-state index contributed by atoms with van der Waals surface area (Å²) < 4.78 is 1.76. The van der Waals surface area contributed by atoms with E-state index in [1.165, 1.54) is 0 Å². The molecule has 0 spiro atoms. The molecule has 1 saturated heterocycles. The third kappa shape index (κ3) is 5.20. The van der Waals surface area contributed by atoms with Crippen LogP contribution in [-0.4, -0.2) is 46.1 Å². The van der Waals surface area contributed by atoms with Gasteiger partial charge in [-0.05, 0) is 56.0 Å². The quantitative estimate of drug-likeness (QED) is 0.615. The van der Waals surface area contributed by atoms with Gasteiger partial charge >= 0.3 is 0 Å². The van der Waals surface area contributed by atoms with Gasteiger partial charge in [0.2, 0.25) is 11.8 Å². The number of rotatable bonds is 6. The molecule has 160 valence electrons. The smallest absolute Gasteiger partial charge is 0.242 e. The van der Waals surface area contributed by atoms with Crippen molar-refractivity contribution in [2.75, 3.05) is 24.5 Å². The zero-order valence-electron chi connectivity index (χ0n) is 17.9. The van der Waals surface area contributed by atoms with Crippen LogP contribution in [0.2, 0.25) is 0 Å². The summed E-state index contributed by atoms with van der Waals surface area (Å²) in [6, 6.07) is 17.5. The Labute approximate surface area is 183 Å². The molecule has 2 aromatic carbocycles. The molecule has 0 aliphatic carbocycles. The van der Waals surface area contributed by atoms with Crippen molar-refractivity contribution in [3.05, 3.63) is 78.1 Å². The van der Waals surface area contributed by atoms with Gasteiger partial charge in [-0.2, -0.15) is 5.10 Å². The molecule has 0 atom stereocenters. The maximum Gasteiger partial charge on any atom is 0.242 e. The van der Waals surface area contributed by atoms with E-state index in [-0.39, 0.29) is 24.8 Å². The molecule has 6 heteroatoms. The van der Waals surface area contributed by atoms with Crippen molar-refractivity contribution >= 4 is 17.5 Å². The Morgan fingerprint density at radius 1 is 0.968 bits per heavy atom. The second kappa shape index (κ2) is 9.60. The predicted octanol–water partition coefficient (Wildman–Crippen LogP) is 3.77. The fourth-order valence-corrected chi connectivity index (χ4v) is 3.87. The first-order valence-electron chi connectivity index (χ1n) is 10.8. The highest BCUT2D eigenvalue weighted by atomic mass is 16.2. The fourth-order valence-electron chi connectivity index (χ4n) is 3.87. The van der Waals surface area contributed by atoms with Crippen LogP contribution in [0.1, 0.15) is 30.4 Å². The van der Waals surface area contributed by atoms with E-state index >= 15 is 0 Å². The molecule has 2 heterocycles. The van der Waals surface area contributed by atoms with Crippen LogP contribution in [0.4, 0.5) is 5.69 Å². The van der Waals surface area contributed by atoms with Crippen molar-refractivity contribution in [2.24, 2.45) is 0 Å². The zero-order chi connectivity index (χ0) is 21.6. The lowest BCUT2D eigenvalue weighted by atomic mass is 10.1. The van der Waals surface area contributed by atoms with Gasteiger partial charge in [0.05, 0.1) is 18.3 Å². The normalized spacial score (nSPS) is 13.8. The number of carbonyl (C=O) groups excluding carboxylic acids is 2. The standard InChI is InChI=1S/C25H28N4O2/c1-20-10-12-22(13-11-20)28(19-25(31)27-14-6-3-7-15-27)24(30)16-21-17-26-29(18-21)23-8-4-2-5-9-23/h2,4-5,8-13,17-18H,3,6-7,14-16,19H2,1H3. The van der Waals surface area contributed by atoms with Gasteiger partial charge in [-0.15, -0.1) is 0 Å².